The molecule has 0 saturated carbocycles. The van der Waals surface area contributed by atoms with Gasteiger partial charge in [-0.15, -0.1) is 0 Å². The van der Waals surface area contributed by atoms with Crippen molar-refractivity contribution in [1.29, 1.82) is 0 Å². The molecule has 1 N–H and O–H groups in total. The van der Waals surface area contributed by atoms with Crippen molar-refractivity contribution in [2.24, 2.45) is 5.41 Å². The molecule has 1 saturated heterocycles. The van der Waals surface area contributed by atoms with Crippen LogP contribution in [-0.4, -0.2) is 24.7 Å². The zero-order valence-corrected chi connectivity index (χ0v) is 12.7. The summed E-state index contributed by atoms with van der Waals surface area (Å²) in [6, 6.07) is 6.37. The molecule has 1 heterocycles. The van der Waals surface area contributed by atoms with Gasteiger partial charge < -0.3 is 10.1 Å². The lowest BCUT2D eigenvalue weighted by Gasteiger charge is -2.39. The number of hydrogen-bond donors (Lipinski definition) is 1. The molecule has 0 radical (unpaired) electrons. The average molecular weight is 286 g/mol. The summed E-state index contributed by atoms with van der Waals surface area (Å²) in [6.07, 6.45) is 1.25. The summed E-state index contributed by atoms with van der Waals surface area (Å²) in [6.45, 7) is 4.66. The van der Waals surface area contributed by atoms with Crippen LogP contribution in [0.2, 0.25) is 5.02 Å². The number of hydrogen-bond acceptors (Lipinski definition) is 3. The Morgan fingerprint density at radius 3 is 2.83 bits per heavy atom. The molecule has 1 unspecified atom stereocenters. The standard InChI is InChI=1S/C14H20ClNOS/c1-14(2)6-7-18-9-13(14)16-10-4-5-12(17-3)11(15)8-10/h4-5,8,13,16H,6-7,9H2,1-3H3. The Hall–Kier alpha value is -0.540. The molecule has 1 fully saturated rings. The molecule has 1 aliphatic rings. The van der Waals surface area contributed by atoms with E-state index < -0.39 is 0 Å². The lowest BCUT2D eigenvalue weighted by molar-refractivity contribution is 0.305. The fourth-order valence-corrected chi connectivity index (χ4v) is 4.00. The Balaban J connectivity index is 2.11. The van der Waals surface area contributed by atoms with E-state index in [0.29, 0.717) is 16.5 Å². The van der Waals surface area contributed by atoms with Gasteiger partial charge in [-0.05, 0) is 35.8 Å². The normalized spacial score (nSPS) is 22.6. The van der Waals surface area contributed by atoms with Gasteiger partial charge in [0.15, 0.2) is 0 Å². The first kappa shape index (κ1) is 13.9. The Bertz CT molecular complexity index is 422. The fourth-order valence-electron chi connectivity index (χ4n) is 2.13. The third-order valence-corrected chi connectivity index (χ3v) is 4.97. The molecular weight excluding hydrogens is 266 g/mol. The lowest BCUT2D eigenvalue weighted by atomic mass is 9.82. The highest BCUT2D eigenvalue weighted by Gasteiger charge is 2.32. The molecule has 1 aromatic rings. The van der Waals surface area contributed by atoms with Gasteiger partial charge in [0.05, 0.1) is 12.1 Å². The van der Waals surface area contributed by atoms with Crippen LogP contribution in [-0.2, 0) is 0 Å². The van der Waals surface area contributed by atoms with Crippen LogP contribution in [0, 0.1) is 5.41 Å². The molecule has 100 valence electrons. The second kappa shape index (κ2) is 5.62. The van der Waals surface area contributed by atoms with Crippen molar-refractivity contribution in [3.63, 3.8) is 0 Å². The quantitative estimate of drug-likeness (QED) is 0.895. The number of rotatable bonds is 3. The van der Waals surface area contributed by atoms with E-state index in [2.05, 4.69) is 19.2 Å². The second-order valence-electron chi connectivity index (χ2n) is 5.36. The number of benzene rings is 1. The second-order valence-corrected chi connectivity index (χ2v) is 6.92. The third kappa shape index (κ3) is 3.07. The zero-order chi connectivity index (χ0) is 13.2. The van der Waals surface area contributed by atoms with Crippen LogP contribution >= 0.6 is 23.4 Å². The summed E-state index contributed by atoms with van der Waals surface area (Å²) in [5, 5.41) is 4.26. The molecule has 0 amide bonds. The van der Waals surface area contributed by atoms with E-state index in [1.54, 1.807) is 7.11 Å². The van der Waals surface area contributed by atoms with Crippen LogP contribution in [0.5, 0.6) is 5.75 Å². The van der Waals surface area contributed by atoms with Crippen molar-refractivity contribution in [1.82, 2.24) is 0 Å². The molecule has 0 bridgehead atoms. The summed E-state index contributed by atoms with van der Waals surface area (Å²) in [4.78, 5) is 0. The number of halogens is 1. The highest BCUT2D eigenvalue weighted by Crippen LogP contribution is 2.37. The van der Waals surface area contributed by atoms with Gasteiger partial charge in [-0.3, -0.25) is 0 Å². The smallest absolute Gasteiger partial charge is 0.137 e. The minimum atomic E-state index is 0.331. The number of anilines is 1. The lowest BCUT2D eigenvalue weighted by Crippen LogP contribution is -2.41. The van der Waals surface area contributed by atoms with E-state index in [0.717, 1.165) is 17.2 Å². The van der Waals surface area contributed by atoms with Gasteiger partial charge in [0, 0.05) is 17.5 Å². The number of methoxy groups -OCH3 is 1. The van der Waals surface area contributed by atoms with Crippen molar-refractivity contribution >= 4 is 29.1 Å². The van der Waals surface area contributed by atoms with Crippen LogP contribution in [0.3, 0.4) is 0 Å². The van der Waals surface area contributed by atoms with Gasteiger partial charge in [0.25, 0.3) is 0 Å². The average Bonchev–Trinajstić information content (AvgIpc) is 2.32. The first-order valence-corrected chi connectivity index (χ1v) is 7.74. The Morgan fingerprint density at radius 2 is 2.22 bits per heavy atom. The largest absolute Gasteiger partial charge is 0.495 e. The van der Waals surface area contributed by atoms with Crippen molar-refractivity contribution in [2.45, 2.75) is 26.3 Å². The topological polar surface area (TPSA) is 21.3 Å². The van der Waals surface area contributed by atoms with Crippen molar-refractivity contribution < 1.29 is 4.74 Å². The maximum atomic E-state index is 6.15. The Morgan fingerprint density at radius 1 is 1.44 bits per heavy atom. The van der Waals surface area contributed by atoms with Crippen molar-refractivity contribution in [2.75, 3.05) is 23.9 Å². The van der Waals surface area contributed by atoms with E-state index >= 15 is 0 Å². The van der Waals surface area contributed by atoms with Crippen LogP contribution < -0.4 is 10.1 Å². The SMILES string of the molecule is COc1ccc(NC2CSCCC2(C)C)cc1Cl. The number of thioether (sulfide) groups is 1. The van der Waals surface area contributed by atoms with E-state index in [1.807, 2.05) is 30.0 Å². The van der Waals surface area contributed by atoms with Gasteiger partial charge in [-0.2, -0.15) is 11.8 Å². The van der Waals surface area contributed by atoms with Crippen LogP contribution in [0.15, 0.2) is 18.2 Å². The molecule has 2 rings (SSSR count). The van der Waals surface area contributed by atoms with Gasteiger partial charge >= 0.3 is 0 Å². The van der Waals surface area contributed by atoms with Gasteiger partial charge in [-0.1, -0.05) is 25.4 Å². The monoisotopic (exact) mass is 285 g/mol. The van der Waals surface area contributed by atoms with E-state index in [1.165, 1.54) is 12.2 Å². The third-order valence-electron chi connectivity index (χ3n) is 3.61. The summed E-state index contributed by atoms with van der Waals surface area (Å²) in [7, 11) is 1.63. The molecule has 2 nitrogen and oxygen atoms in total. The molecule has 18 heavy (non-hydrogen) atoms. The molecule has 0 aromatic heterocycles. The molecule has 1 aromatic carbocycles. The van der Waals surface area contributed by atoms with E-state index in [9.17, 15) is 0 Å². The van der Waals surface area contributed by atoms with Crippen molar-refractivity contribution in [3.8, 4) is 5.75 Å². The predicted octanol–water partition coefficient (Wildman–Crippen LogP) is 4.29. The summed E-state index contributed by atoms with van der Waals surface area (Å²) < 4.78 is 5.17. The summed E-state index contributed by atoms with van der Waals surface area (Å²) >= 11 is 8.16. The molecule has 1 atom stereocenters. The maximum Gasteiger partial charge on any atom is 0.137 e. The summed E-state index contributed by atoms with van der Waals surface area (Å²) in [5.74, 6) is 3.13. The minimum Gasteiger partial charge on any atom is -0.495 e. The van der Waals surface area contributed by atoms with Gasteiger partial charge in [-0.25, -0.2) is 0 Å². The first-order chi connectivity index (χ1) is 8.53. The molecule has 1 aliphatic heterocycles. The zero-order valence-electron chi connectivity index (χ0n) is 11.1. The highest BCUT2D eigenvalue weighted by atomic mass is 35.5. The van der Waals surface area contributed by atoms with Crippen LogP contribution in [0.1, 0.15) is 20.3 Å². The maximum absolute atomic E-state index is 6.15. The highest BCUT2D eigenvalue weighted by molar-refractivity contribution is 7.99. The van der Waals surface area contributed by atoms with E-state index in [-0.39, 0.29) is 0 Å². The molecular formula is C14H20ClNOS. The Kier molecular flexibility index (Phi) is 4.33. The number of ether oxygens (including phenoxy) is 1. The van der Waals surface area contributed by atoms with Crippen LogP contribution in [0.4, 0.5) is 5.69 Å². The first-order valence-electron chi connectivity index (χ1n) is 6.21. The molecule has 0 aliphatic carbocycles. The van der Waals surface area contributed by atoms with Gasteiger partial charge in [0.2, 0.25) is 0 Å². The summed E-state index contributed by atoms with van der Waals surface area (Å²) in [5.41, 5.74) is 1.40. The number of nitrogens with one attached hydrogen (secondary N) is 1. The predicted molar refractivity (Wildman–Crippen MR) is 81.1 cm³/mol. The minimum absolute atomic E-state index is 0.331. The van der Waals surface area contributed by atoms with E-state index in [4.69, 9.17) is 16.3 Å². The van der Waals surface area contributed by atoms with Crippen molar-refractivity contribution in [3.05, 3.63) is 23.2 Å². The fraction of sp³-hybridized carbons (Fsp3) is 0.571. The van der Waals surface area contributed by atoms with Crippen LogP contribution in [0.25, 0.3) is 0 Å². The molecule has 0 spiro atoms. The Labute approximate surface area is 118 Å². The molecule has 4 heteroatoms. The van der Waals surface area contributed by atoms with Gasteiger partial charge in [0.1, 0.15) is 5.75 Å².